The van der Waals surface area contributed by atoms with E-state index >= 15 is 0 Å². The highest BCUT2D eigenvalue weighted by atomic mass is 32.2. The van der Waals surface area contributed by atoms with Crippen LogP contribution < -0.4 is 4.90 Å². The second kappa shape index (κ2) is 7.67. The molecule has 1 saturated heterocycles. The van der Waals surface area contributed by atoms with Crippen molar-refractivity contribution in [2.45, 2.75) is 11.9 Å². The Morgan fingerprint density at radius 3 is 3.00 bits per heavy atom. The SMILES string of the molecule is COC(=O)[C@@H]1C[NH+](Cn2nc(-c3ccccc3F)n(C)c2=S)CCS1. The predicted molar refractivity (Wildman–Crippen MR) is 96.4 cm³/mol. The summed E-state index contributed by atoms with van der Waals surface area (Å²) in [7, 11) is 3.19. The minimum atomic E-state index is -0.328. The van der Waals surface area contributed by atoms with Gasteiger partial charge in [0.25, 0.3) is 0 Å². The summed E-state index contributed by atoms with van der Waals surface area (Å²) >= 11 is 7.08. The Hall–Kier alpha value is -1.71. The zero-order chi connectivity index (χ0) is 18.0. The smallest absolute Gasteiger partial charge is 0.324 e. The van der Waals surface area contributed by atoms with E-state index in [4.69, 9.17) is 17.0 Å². The molecule has 0 bridgehead atoms. The molecule has 1 N–H and O–H groups in total. The van der Waals surface area contributed by atoms with Gasteiger partial charge in [0, 0.05) is 12.8 Å². The van der Waals surface area contributed by atoms with Gasteiger partial charge in [-0.05, 0) is 24.4 Å². The third kappa shape index (κ3) is 3.78. The van der Waals surface area contributed by atoms with E-state index in [9.17, 15) is 9.18 Å². The highest BCUT2D eigenvalue weighted by Crippen LogP contribution is 2.20. The van der Waals surface area contributed by atoms with Gasteiger partial charge in [-0.3, -0.25) is 4.79 Å². The first-order valence-corrected chi connectivity index (χ1v) is 9.38. The number of thioether (sulfide) groups is 1. The third-order valence-corrected chi connectivity index (χ3v) is 5.93. The van der Waals surface area contributed by atoms with Crippen LogP contribution in [0.4, 0.5) is 4.39 Å². The number of aromatic nitrogens is 3. The van der Waals surface area contributed by atoms with Crippen LogP contribution in [0.3, 0.4) is 0 Å². The van der Waals surface area contributed by atoms with Crippen LogP contribution in [0, 0.1) is 10.6 Å². The minimum Gasteiger partial charge on any atom is -0.468 e. The number of benzene rings is 1. The fraction of sp³-hybridized carbons (Fsp3) is 0.438. The largest absolute Gasteiger partial charge is 0.468 e. The number of quaternary nitrogens is 1. The van der Waals surface area contributed by atoms with Crippen molar-refractivity contribution >= 4 is 29.9 Å². The lowest BCUT2D eigenvalue weighted by Crippen LogP contribution is -3.14. The topological polar surface area (TPSA) is 53.5 Å². The van der Waals surface area contributed by atoms with E-state index in [1.54, 1.807) is 46.3 Å². The first-order valence-electron chi connectivity index (χ1n) is 7.93. The molecule has 3 rings (SSSR count). The van der Waals surface area contributed by atoms with Gasteiger partial charge in [-0.15, -0.1) is 16.9 Å². The van der Waals surface area contributed by atoms with Gasteiger partial charge in [0.05, 0.1) is 19.2 Å². The summed E-state index contributed by atoms with van der Waals surface area (Å²) < 4.78 is 22.9. The molecule has 1 aromatic carbocycles. The summed E-state index contributed by atoms with van der Waals surface area (Å²) in [5, 5.41) is 4.35. The number of ether oxygens (including phenoxy) is 1. The molecule has 25 heavy (non-hydrogen) atoms. The number of carbonyl (C=O) groups is 1. The van der Waals surface area contributed by atoms with Gasteiger partial charge in [-0.25, -0.2) is 4.39 Å². The molecular formula is C16H20FN4O2S2+. The number of methoxy groups -OCH3 is 1. The maximum absolute atomic E-state index is 14.1. The standard InChI is InChI=1S/C16H19FN4O2S2/c1-19-14(11-5-3-4-6-12(11)17)18-21(16(19)24)10-20-7-8-25-13(9-20)15(22)23-2/h3-6,13H,7-10H2,1-2H3/p+1/t13-/m0/s1. The summed E-state index contributed by atoms with van der Waals surface area (Å²) in [6, 6.07) is 6.52. The zero-order valence-corrected chi connectivity index (χ0v) is 15.7. The maximum Gasteiger partial charge on any atom is 0.324 e. The molecule has 1 fully saturated rings. The number of nitrogens with one attached hydrogen (secondary N) is 1. The van der Waals surface area contributed by atoms with Crippen molar-refractivity contribution in [2.75, 3.05) is 26.0 Å². The van der Waals surface area contributed by atoms with E-state index in [0.717, 1.165) is 12.3 Å². The molecule has 6 nitrogen and oxygen atoms in total. The lowest BCUT2D eigenvalue weighted by Gasteiger charge is -2.27. The number of carbonyl (C=O) groups excluding carboxylic acids is 1. The van der Waals surface area contributed by atoms with Crippen molar-refractivity contribution in [3.8, 4) is 11.4 Å². The number of halogens is 1. The number of hydrogen-bond acceptors (Lipinski definition) is 5. The molecule has 1 aliphatic heterocycles. The first-order chi connectivity index (χ1) is 12.0. The van der Waals surface area contributed by atoms with E-state index in [-0.39, 0.29) is 17.0 Å². The van der Waals surface area contributed by atoms with Crippen molar-refractivity contribution in [2.24, 2.45) is 7.05 Å². The molecule has 0 amide bonds. The number of rotatable bonds is 4. The molecule has 1 unspecified atom stereocenters. The van der Waals surface area contributed by atoms with E-state index in [2.05, 4.69) is 5.10 Å². The summed E-state index contributed by atoms with van der Waals surface area (Å²) in [6.07, 6.45) is 0. The van der Waals surface area contributed by atoms with E-state index in [0.29, 0.717) is 29.4 Å². The van der Waals surface area contributed by atoms with E-state index in [1.807, 2.05) is 0 Å². The molecule has 1 aromatic heterocycles. The second-order valence-corrected chi connectivity index (χ2v) is 7.57. The normalized spacial score (nSPS) is 20.4. The van der Waals surface area contributed by atoms with Crippen molar-refractivity contribution in [3.05, 3.63) is 34.9 Å². The van der Waals surface area contributed by atoms with Crippen molar-refractivity contribution in [1.82, 2.24) is 14.3 Å². The minimum absolute atomic E-state index is 0.169. The van der Waals surface area contributed by atoms with Gasteiger partial charge in [-0.2, -0.15) is 4.68 Å². The van der Waals surface area contributed by atoms with Gasteiger partial charge in [0.2, 0.25) is 4.77 Å². The molecule has 0 radical (unpaired) electrons. The Morgan fingerprint density at radius 2 is 2.28 bits per heavy atom. The molecule has 134 valence electrons. The fourth-order valence-electron chi connectivity index (χ4n) is 2.87. The maximum atomic E-state index is 14.1. The van der Waals surface area contributed by atoms with Crippen molar-refractivity contribution in [1.29, 1.82) is 0 Å². The van der Waals surface area contributed by atoms with E-state index < -0.39 is 0 Å². The molecule has 2 heterocycles. The molecule has 0 aliphatic carbocycles. The lowest BCUT2D eigenvalue weighted by molar-refractivity contribution is -0.921. The summed E-state index contributed by atoms with van der Waals surface area (Å²) in [5.41, 5.74) is 0.423. The molecule has 9 heteroatoms. The monoisotopic (exact) mass is 383 g/mol. The fourth-order valence-corrected chi connectivity index (χ4v) is 4.34. The summed E-state index contributed by atoms with van der Waals surface area (Å²) in [5.74, 6) is 0.845. The Morgan fingerprint density at radius 1 is 1.52 bits per heavy atom. The van der Waals surface area contributed by atoms with Crippen LogP contribution >= 0.6 is 24.0 Å². The number of hydrogen-bond donors (Lipinski definition) is 1. The van der Waals surface area contributed by atoms with Gasteiger partial charge >= 0.3 is 5.97 Å². The van der Waals surface area contributed by atoms with Crippen LogP contribution in [-0.2, 0) is 23.2 Å². The molecule has 2 atom stereocenters. The number of esters is 1. The van der Waals surface area contributed by atoms with Gasteiger partial charge in [0.1, 0.15) is 12.4 Å². The van der Waals surface area contributed by atoms with Gasteiger partial charge < -0.3 is 14.2 Å². The van der Waals surface area contributed by atoms with Gasteiger partial charge in [0.15, 0.2) is 17.7 Å². The second-order valence-electron chi connectivity index (χ2n) is 5.89. The van der Waals surface area contributed by atoms with Crippen LogP contribution in [0.15, 0.2) is 24.3 Å². The Kier molecular flexibility index (Phi) is 5.55. The third-order valence-electron chi connectivity index (χ3n) is 4.24. The van der Waals surface area contributed by atoms with Crippen molar-refractivity contribution < 1.29 is 18.8 Å². The molecule has 2 aromatic rings. The van der Waals surface area contributed by atoms with Crippen molar-refractivity contribution in [3.63, 3.8) is 0 Å². The Labute approximate surface area is 154 Å². The molecule has 0 saturated carbocycles. The first kappa shape index (κ1) is 18.1. The summed E-state index contributed by atoms with van der Waals surface area (Å²) in [6.45, 7) is 2.10. The Balaban J connectivity index is 1.82. The average Bonchev–Trinajstić information content (AvgIpc) is 2.90. The van der Waals surface area contributed by atoms with E-state index in [1.165, 1.54) is 18.1 Å². The predicted octanol–water partition coefficient (Wildman–Crippen LogP) is 0.888. The molecule has 1 aliphatic rings. The van der Waals surface area contributed by atoms with Crippen LogP contribution in [0.2, 0.25) is 0 Å². The number of nitrogens with zero attached hydrogens (tertiary/aromatic N) is 3. The highest BCUT2D eigenvalue weighted by molar-refractivity contribution is 8.00. The lowest BCUT2D eigenvalue weighted by atomic mass is 10.2. The summed E-state index contributed by atoms with van der Waals surface area (Å²) in [4.78, 5) is 13.0. The van der Waals surface area contributed by atoms with Crippen LogP contribution in [0.5, 0.6) is 0 Å². The Bertz CT molecular complexity index is 836. The van der Waals surface area contributed by atoms with Crippen LogP contribution in [0.25, 0.3) is 11.4 Å². The molecular weight excluding hydrogens is 363 g/mol. The average molecular weight is 383 g/mol. The zero-order valence-electron chi connectivity index (χ0n) is 14.1. The molecule has 0 spiro atoms. The van der Waals surface area contributed by atoms with Crippen LogP contribution in [0.1, 0.15) is 0 Å². The quantitative estimate of drug-likeness (QED) is 0.628. The van der Waals surface area contributed by atoms with Crippen LogP contribution in [-0.4, -0.2) is 51.5 Å². The van der Waals surface area contributed by atoms with Gasteiger partial charge in [-0.1, -0.05) is 12.1 Å². The highest BCUT2D eigenvalue weighted by Gasteiger charge is 2.30.